The van der Waals surface area contributed by atoms with Crippen molar-refractivity contribution in [1.82, 2.24) is 19.7 Å². The minimum atomic E-state index is -0.125. The van der Waals surface area contributed by atoms with Crippen molar-refractivity contribution in [2.24, 2.45) is 0 Å². The van der Waals surface area contributed by atoms with Gasteiger partial charge in [0.25, 0.3) is 5.91 Å². The number of amides is 1. The maximum Gasteiger partial charge on any atom is 0.293 e. The van der Waals surface area contributed by atoms with Crippen LogP contribution < -0.4 is 9.64 Å². The van der Waals surface area contributed by atoms with Gasteiger partial charge in [-0.15, -0.1) is 5.10 Å². The third kappa shape index (κ3) is 3.68. The normalized spacial score (nSPS) is 14.2. The average Bonchev–Trinajstić information content (AvgIpc) is 3.15. The summed E-state index contributed by atoms with van der Waals surface area (Å²) in [4.78, 5) is 21.5. The number of piperazine rings is 1. The van der Waals surface area contributed by atoms with Crippen LogP contribution in [0.25, 0.3) is 5.69 Å². The molecule has 150 valence electrons. The molecule has 0 bridgehead atoms. The molecule has 7 heteroatoms. The van der Waals surface area contributed by atoms with E-state index < -0.39 is 0 Å². The van der Waals surface area contributed by atoms with Crippen molar-refractivity contribution in [1.29, 1.82) is 0 Å². The molecule has 1 fully saturated rings. The van der Waals surface area contributed by atoms with Crippen LogP contribution in [0.4, 0.5) is 5.69 Å². The second-order valence-electron chi connectivity index (χ2n) is 7.13. The van der Waals surface area contributed by atoms with Crippen LogP contribution in [0.15, 0.2) is 48.5 Å². The van der Waals surface area contributed by atoms with Crippen LogP contribution in [0.2, 0.25) is 0 Å². The smallest absolute Gasteiger partial charge is 0.293 e. The first kappa shape index (κ1) is 19.0. The van der Waals surface area contributed by atoms with Gasteiger partial charge in [-0.2, -0.15) is 0 Å². The van der Waals surface area contributed by atoms with Crippen molar-refractivity contribution in [2.75, 3.05) is 38.2 Å². The largest absolute Gasteiger partial charge is 0.495 e. The summed E-state index contributed by atoms with van der Waals surface area (Å²) >= 11 is 0. The van der Waals surface area contributed by atoms with Gasteiger partial charge in [-0.1, -0.05) is 30.3 Å². The molecule has 1 saturated heterocycles. The number of ether oxygens (including phenoxy) is 1. The van der Waals surface area contributed by atoms with Gasteiger partial charge in [0.05, 0.1) is 18.5 Å². The lowest BCUT2D eigenvalue weighted by Gasteiger charge is -2.36. The Bertz CT molecular complexity index is 1020. The molecular weight excluding hydrogens is 366 g/mol. The maximum atomic E-state index is 13.0. The predicted molar refractivity (Wildman–Crippen MR) is 112 cm³/mol. The molecule has 2 heterocycles. The van der Waals surface area contributed by atoms with E-state index in [-0.39, 0.29) is 11.7 Å². The zero-order valence-electron chi connectivity index (χ0n) is 17.0. The van der Waals surface area contributed by atoms with Gasteiger partial charge in [0.1, 0.15) is 11.6 Å². The van der Waals surface area contributed by atoms with Crippen molar-refractivity contribution < 1.29 is 9.53 Å². The lowest BCUT2D eigenvalue weighted by Crippen LogP contribution is -2.49. The number of aromatic nitrogens is 3. The van der Waals surface area contributed by atoms with Crippen LogP contribution in [0.5, 0.6) is 5.75 Å². The van der Waals surface area contributed by atoms with E-state index in [0.717, 1.165) is 35.8 Å². The third-order valence-corrected chi connectivity index (χ3v) is 5.30. The number of rotatable bonds is 4. The Morgan fingerprint density at radius 3 is 2.28 bits per heavy atom. The van der Waals surface area contributed by atoms with Crippen LogP contribution in [0.1, 0.15) is 22.0 Å². The fraction of sp³-hybridized carbons (Fsp3) is 0.318. The van der Waals surface area contributed by atoms with E-state index in [0.29, 0.717) is 18.9 Å². The first-order valence-electron chi connectivity index (χ1n) is 9.75. The Kier molecular flexibility index (Phi) is 5.20. The van der Waals surface area contributed by atoms with E-state index in [1.807, 2.05) is 67.3 Å². The van der Waals surface area contributed by atoms with Crippen LogP contribution in [-0.4, -0.2) is 58.9 Å². The number of aryl methyl sites for hydroxylation is 2. The molecule has 0 atom stereocenters. The number of benzene rings is 2. The molecule has 0 N–H and O–H groups in total. The van der Waals surface area contributed by atoms with E-state index in [1.54, 1.807) is 11.8 Å². The van der Waals surface area contributed by atoms with Gasteiger partial charge in [0, 0.05) is 26.2 Å². The summed E-state index contributed by atoms with van der Waals surface area (Å²) in [6.07, 6.45) is 0. The zero-order valence-corrected chi connectivity index (χ0v) is 17.0. The first-order chi connectivity index (χ1) is 14.1. The molecule has 0 saturated carbocycles. The number of methoxy groups -OCH3 is 1. The number of para-hydroxylation sites is 3. The van der Waals surface area contributed by atoms with Gasteiger partial charge in [0.15, 0.2) is 0 Å². The molecule has 1 aromatic heterocycles. The maximum absolute atomic E-state index is 13.0. The summed E-state index contributed by atoms with van der Waals surface area (Å²) in [5.41, 5.74) is 3.09. The van der Waals surface area contributed by atoms with E-state index in [2.05, 4.69) is 15.0 Å². The number of anilines is 1. The minimum Gasteiger partial charge on any atom is -0.495 e. The Hall–Kier alpha value is -3.35. The molecule has 0 spiro atoms. The quantitative estimate of drug-likeness (QED) is 0.684. The molecule has 29 heavy (non-hydrogen) atoms. The number of nitrogens with zero attached hydrogens (tertiary/aromatic N) is 5. The Morgan fingerprint density at radius 1 is 0.931 bits per heavy atom. The molecule has 1 aliphatic rings. The van der Waals surface area contributed by atoms with E-state index in [4.69, 9.17) is 4.74 Å². The summed E-state index contributed by atoms with van der Waals surface area (Å²) in [7, 11) is 1.68. The summed E-state index contributed by atoms with van der Waals surface area (Å²) in [6.45, 7) is 6.61. The Labute approximate surface area is 170 Å². The molecule has 1 amide bonds. The van der Waals surface area contributed by atoms with E-state index in [9.17, 15) is 4.79 Å². The lowest BCUT2D eigenvalue weighted by atomic mass is 10.2. The minimum absolute atomic E-state index is 0.125. The molecule has 3 aromatic rings. The summed E-state index contributed by atoms with van der Waals surface area (Å²) < 4.78 is 7.21. The van der Waals surface area contributed by atoms with Crippen molar-refractivity contribution >= 4 is 11.6 Å². The zero-order chi connectivity index (χ0) is 20.4. The van der Waals surface area contributed by atoms with Crippen LogP contribution in [0.3, 0.4) is 0 Å². The predicted octanol–water partition coefficient (Wildman–Crippen LogP) is 2.86. The standard InChI is InChI=1S/C22H25N5O2/c1-16-8-4-5-9-18(16)27-17(2)23-21(24-27)22(28)26-14-12-25(13-15-26)19-10-6-7-11-20(19)29-3/h4-11H,12-15H2,1-3H3. The highest BCUT2D eigenvalue weighted by molar-refractivity contribution is 5.90. The molecule has 2 aromatic carbocycles. The Morgan fingerprint density at radius 2 is 1.59 bits per heavy atom. The topological polar surface area (TPSA) is 63.5 Å². The molecule has 0 unspecified atom stereocenters. The summed E-state index contributed by atoms with van der Waals surface area (Å²) in [5.74, 6) is 1.67. The number of hydrogen-bond acceptors (Lipinski definition) is 5. The van der Waals surface area contributed by atoms with Gasteiger partial charge in [-0.25, -0.2) is 9.67 Å². The van der Waals surface area contributed by atoms with Gasteiger partial charge >= 0.3 is 0 Å². The molecule has 1 aliphatic heterocycles. The van der Waals surface area contributed by atoms with Crippen molar-refractivity contribution in [3.8, 4) is 11.4 Å². The highest BCUT2D eigenvalue weighted by Gasteiger charge is 2.26. The average molecular weight is 391 g/mol. The summed E-state index contributed by atoms with van der Waals surface area (Å²) in [6, 6.07) is 15.9. The molecule has 0 aliphatic carbocycles. The monoisotopic (exact) mass is 391 g/mol. The highest BCUT2D eigenvalue weighted by atomic mass is 16.5. The first-order valence-corrected chi connectivity index (χ1v) is 9.75. The second-order valence-corrected chi connectivity index (χ2v) is 7.13. The van der Waals surface area contributed by atoms with Crippen molar-refractivity contribution in [3.63, 3.8) is 0 Å². The number of carbonyl (C=O) groups is 1. The fourth-order valence-corrected chi connectivity index (χ4v) is 3.69. The Balaban J connectivity index is 1.48. The van der Waals surface area contributed by atoms with E-state index in [1.165, 1.54) is 0 Å². The van der Waals surface area contributed by atoms with Crippen molar-refractivity contribution in [3.05, 3.63) is 65.7 Å². The van der Waals surface area contributed by atoms with Gasteiger partial charge in [-0.3, -0.25) is 4.79 Å². The second kappa shape index (κ2) is 7.95. The third-order valence-electron chi connectivity index (χ3n) is 5.30. The molecule has 0 radical (unpaired) electrons. The number of hydrogen-bond donors (Lipinski definition) is 0. The fourth-order valence-electron chi connectivity index (χ4n) is 3.69. The van der Waals surface area contributed by atoms with Crippen LogP contribution in [0, 0.1) is 13.8 Å². The SMILES string of the molecule is COc1ccccc1N1CCN(C(=O)c2nc(C)n(-c3ccccc3C)n2)CC1. The van der Waals surface area contributed by atoms with E-state index >= 15 is 0 Å². The molecule has 4 rings (SSSR count). The number of carbonyl (C=O) groups excluding carboxylic acids is 1. The lowest BCUT2D eigenvalue weighted by molar-refractivity contribution is 0.0734. The van der Waals surface area contributed by atoms with Crippen LogP contribution >= 0.6 is 0 Å². The molecular formula is C22H25N5O2. The summed E-state index contributed by atoms with van der Waals surface area (Å²) in [5, 5.41) is 4.50. The van der Waals surface area contributed by atoms with Gasteiger partial charge < -0.3 is 14.5 Å². The molecule has 7 nitrogen and oxygen atoms in total. The van der Waals surface area contributed by atoms with Crippen molar-refractivity contribution in [2.45, 2.75) is 13.8 Å². The van der Waals surface area contributed by atoms with Crippen LogP contribution in [-0.2, 0) is 0 Å². The van der Waals surface area contributed by atoms with Gasteiger partial charge in [0.2, 0.25) is 5.82 Å². The highest BCUT2D eigenvalue weighted by Crippen LogP contribution is 2.28. The van der Waals surface area contributed by atoms with Gasteiger partial charge in [-0.05, 0) is 37.6 Å².